The van der Waals surface area contributed by atoms with E-state index in [2.05, 4.69) is 27.9 Å². The fourth-order valence-electron chi connectivity index (χ4n) is 3.24. The molecular weight excluding hydrogens is 476 g/mol. The maximum Gasteiger partial charge on any atom is 0.340 e. The Hall–Kier alpha value is -3.20. The number of rotatable bonds is 7. The van der Waals surface area contributed by atoms with Crippen LogP contribution in [-0.4, -0.2) is 28.0 Å². The van der Waals surface area contributed by atoms with E-state index in [9.17, 15) is 4.79 Å². The van der Waals surface area contributed by atoms with Crippen LogP contribution < -0.4 is 10.6 Å². The van der Waals surface area contributed by atoms with E-state index >= 15 is 0 Å². The van der Waals surface area contributed by atoms with Crippen LogP contribution in [-0.2, 0) is 17.7 Å². The number of carbonyl (C=O) groups is 1. The van der Waals surface area contributed by atoms with Gasteiger partial charge in [0.25, 0.3) is 0 Å². The molecule has 4 aromatic rings. The van der Waals surface area contributed by atoms with E-state index in [1.807, 2.05) is 54.7 Å². The molecular formula is C24H21ClN4O2S2. The number of ether oxygens (including phenoxy) is 1. The van der Waals surface area contributed by atoms with Gasteiger partial charge in [0.15, 0.2) is 5.11 Å². The molecule has 0 bridgehead atoms. The molecule has 0 unspecified atom stereocenters. The van der Waals surface area contributed by atoms with Crippen molar-refractivity contribution >= 4 is 56.9 Å². The molecule has 0 spiro atoms. The van der Waals surface area contributed by atoms with Crippen molar-refractivity contribution in [1.29, 1.82) is 0 Å². The highest BCUT2D eigenvalue weighted by Crippen LogP contribution is 2.30. The highest BCUT2D eigenvalue weighted by atomic mass is 35.5. The Balaban J connectivity index is 1.42. The zero-order valence-electron chi connectivity index (χ0n) is 17.7. The van der Waals surface area contributed by atoms with E-state index in [-0.39, 0.29) is 0 Å². The van der Waals surface area contributed by atoms with Gasteiger partial charge in [-0.25, -0.2) is 4.79 Å². The monoisotopic (exact) mass is 496 g/mol. The number of hydrogen-bond donors (Lipinski definition) is 2. The van der Waals surface area contributed by atoms with Gasteiger partial charge in [-0.05, 0) is 41.5 Å². The first-order valence-corrected chi connectivity index (χ1v) is 11.7. The topological polar surface area (TPSA) is 68.2 Å². The number of aromatic nitrogens is 2. The summed E-state index contributed by atoms with van der Waals surface area (Å²) in [4.78, 5) is 13.3. The van der Waals surface area contributed by atoms with Crippen molar-refractivity contribution in [2.24, 2.45) is 0 Å². The molecule has 0 fully saturated rings. The van der Waals surface area contributed by atoms with Crippen molar-refractivity contribution in [2.75, 3.05) is 17.7 Å². The van der Waals surface area contributed by atoms with Crippen LogP contribution in [0.3, 0.4) is 0 Å². The van der Waals surface area contributed by atoms with Gasteiger partial charge in [0.1, 0.15) is 5.00 Å². The van der Waals surface area contributed by atoms with Crippen molar-refractivity contribution in [1.82, 2.24) is 9.78 Å². The van der Waals surface area contributed by atoms with Crippen LogP contribution in [0.1, 0.15) is 26.4 Å². The van der Waals surface area contributed by atoms with Crippen LogP contribution in [0.5, 0.6) is 0 Å². The number of nitrogens with one attached hydrogen (secondary N) is 2. The second-order valence-corrected chi connectivity index (χ2v) is 9.22. The predicted octanol–water partition coefficient (Wildman–Crippen LogP) is 5.83. The van der Waals surface area contributed by atoms with E-state index in [1.54, 1.807) is 10.9 Å². The minimum Gasteiger partial charge on any atom is -0.465 e. The minimum atomic E-state index is -0.411. The first-order valence-electron chi connectivity index (χ1n) is 10.1. The lowest BCUT2D eigenvalue weighted by molar-refractivity contribution is 0.0602. The van der Waals surface area contributed by atoms with Crippen molar-refractivity contribution in [2.45, 2.75) is 13.0 Å². The van der Waals surface area contributed by atoms with Crippen LogP contribution in [0.25, 0.3) is 0 Å². The summed E-state index contributed by atoms with van der Waals surface area (Å²) < 4.78 is 6.75. The van der Waals surface area contributed by atoms with Gasteiger partial charge in [-0.2, -0.15) is 5.10 Å². The van der Waals surface area contributed by atoms with E-state index in [1.165, 1.54) is 18.4 Å². The summed E-state index contributed by atoms with van der Waals surface area (Å²) in [6, 6.07) is 19.5. The Kier molecular flexibility index (Phi) is 7.39. The Morgan fingerprint density at radius 1 is 1.12 bits per heavy atom. The number of thiophene rings is 1. The molecule has 9 heteroatoms. The van der Waals surface area contributed by atoms with E-state index in [4.69, 9.17) is 28.6 Å². The van der Waals surface area contributed by atoms with E-state index < -0.39 is 5.97 Å². The van der Waals surface area contributed by atoms with Crippen LogP contribution >= 0.6 is 35.2 Å². The lowest BCUT2D eigenvalue weighted by Gasteiger charge is -2.08. The van der Waals surface area contributed by atoms with Gasteiger partial charge in [0.2, 0.25) is 0 Å². The summed E-state index contributed by atoms with van der Waals surface area (Å²) in [5, 5.41) is 12.3. The number of esters is 1. The molecule has 168 valence electrons. The summed E-state index contributed by atoms with van der Waals surface area (Å²) in [6.45, 7) is 0.610. The SMILES string of the molecule is COC(=O)c1cc(Cc2ccccc2)sc1NC(=S)Nc1cnn(Cc2ccc(Cl)cc2)c1. The summed E-state index contributed by atoms with van der Waals surface area (Å²) >= 11 is 12.9. The van der Waals surface area contributed by atoms with Crippen molar-refractivity contribution in [3.8, 4) is 0 Å². The molecule has 0 aliphatic carbocycles. The molecule has 33 heavy (non-hydrogen) atoms. The molecule has 0 amide bonds. The van der Waals surface area contributed by atoms with Crippen LogP contribution in [0.2, 0.25) is 5.02 Å². The fourth-order valence-corrected chi connectivity index (χ4v) is 4.73. The Morgan fingerprint density at radius 3 is 2.61 bits per heavy atom. The summed E-state index contributed by atoms with van der Waals surface area (Å²) in [6.07, 6.45) is 4.27. The zero-order valence-corrected chi connectivity index (χ0v) is 20.1. The molecule has 0 aliphatic rings. The van der Waals surface area contributed by atoms with Gasteiger partial charge in [-0.1, -0.05) is 54.1 Å². The quantitative estimate of drug-likeness (QED) is 0.248. The number of halogens is 1. The Morgan fingerprint density at radius 2 is 1.88 bits per heavy atom. The molecule has 4 rings (SSSR count). The van der Waals surface area contributed by atoms with Gasteiger partial charge >= 0.3 is 5.97 Å². The average Bonchev–Trinajstić information content (AvgIpc) is 3.42. The van der Waals surface area contributed by atoms with Gasteiger partial charge in [-0.15, -0.1) is 11.3 Å². The molecule has 2 heterocycles. The molecule has 0 aliphatic heterocycles. The molecule has 0 radical (unpaired) electrons. The Bertz CT molecular complexity index is 1250. The second kappa shape index (κ2) is 10.6. The maximum absolute atomic E-state index is 12.3. The predicted molar refractivity (Wildman–Crippen MR) is 138 cm³/mol. The van der Waals surface area contributed by atoms with Gasteiger partial charge < -0.3 is 15.4 Å². The lowest BCUT2D eigenvalue weighted by Crippen LogP contribution is -2.19. The second-order valence-electron chi connectivity index (χ2n) is 7.24. The third-order valence-electron chi connectivity index (χ3n) is 4.79. The highest BCUT2D eigenvalue weighted by Gasteiger charge is 2.18. The first-order chi connectivity index (χ1) is 16.0. The smallest absolute Gasteiger partial charge is 0.340 e. The number of thiocarbonyl (C=S) groups is 1. The Labute approximate surface area is 206 Å². The third kappa shape index (κ3) is 6.19. The maximum atomic E-state index is 12.3. The number of benzene rings is 2. The fraction of sp³-hybridized carbons (Fsp3) is 0.125. The summed E-state index contributed by atoms with van der Waals surface area (Å²) in [5.74, 6) is -0.411. The normalized spacial score (nSPS) is 10.6. The molecule has 2 N–H and O–H groups in total. The summed E-state index contributed by atoms with van der Waals surface area (Å²) in [7, 11) is 1.37. The molecule has 0 saturated carbocycles. The van der Waals surface area contributed by atoms with Gasteiger partial charge in [0, 0.05) is 22.5 Å². The molecule has 0 saturated heterocycles. The number of methoxy groups -OCH3 is 1. The van der Waals surface area contributed by atoms with Gasteiger partial charge in [0.05, 0.1) is 31.1 Å². The van der Waals surface area contributed by atoms with Crippen LogP contribution in [0, 0.1) is 0 Å². The average molecular weight is 497 g/mol. The lowest BCUT2D eigenvalue weighted by atomic mass is 10.1. The molecule has 2 aromatic carbocycles. The van der Waals surface area contributed by atoms with Crippen molar-refractivity contribution in [3.63, 3.8) is 0 Å². The molecule has 2 aromatic heterocycles. The number of hydrogen-bond acceptors (Lipinski definition) is 5. The number of nitrogens with zero attached hydrogens (tertiary/aromatic N) is 2. The molecule has 0 atom stereocenters. The van der Waals surface area contributed by atoms with Crippen LogP contribution in [0.4, 0.5) is 10.7 Å². The van der Waals surface area contributed by atoms with E-state index in [0.717, 1.165) is 28.1 Å². The van der Waals surface area contributed by atoms with Gasteiger partial charge in [-0.3, -0.25) is 4.68 Å². The standard InChI is InChI=1S/C24H21ClN4O2S2/c1-31-23(30)21-12-20(11-16-5-3-2-4-6-16)33-22(21)28-24(32)27-19-13-26-29(15-19)14-17-7-9-18(25)10-8-17/h2-10,12-13,15H,11,14H2,1H3,(H2,27,28,32). The minimum absolute atomic E-state index is 0.360. The zero-order chi connectivity index (χ0) is 23.2. The van der Waals surface area contributed by atoms with Crippen molar-refractivity contribution in [3.05, 3.63) is 99.6 Å². The first kappa shape index (κ1) is 23.0. The third-order valence-corrected chi connectivity index (χ3v) is 6.29. The summed E-state index contributed by atoms with van der Waals surface area (Å²) in [5.41, 5.74) is 3.44. The number of anilines is 2. The highest BCUT2D eigenvalue weighted by molar-refractivity contribution is 7.80. The largest absolute Gasteiger partial charge is 0.465 e. The van der Waals surface area contributed by atoms with Crippen LogP contribution in [0.15, 0.2) is 73.1 Å². The molecule has 6 nitrogen and oxygen atoms in total. The van der Waals surface area contributed by atoms with E-state index in [0.29, 0.717) is 27.2 Å². The van der Waals surface area contributed by atoms with Crippen molar-refractivity contribution < 1.29 is 9.53 Å². The number of carbonyl (C=O) groups excluding carboxylic acids is 1.